The van der Waals surface area contributed by atoms with Gasteiger partial charge >= 0.3 is 6.47 Å². The van der Waals surface area contributed by atoms with Gasteiger partial charge in [-0.25, -0.2) is 0 Å². The molecule has 0 radical (unpaired) electrons. The van der Waals surface area contributed by atoms with Crippen LogP contribution >= 0.6 is 0 Å². The van der Waals surface area contributed by atoms with Crippen molar-refractivity contribution in [2.24, 2.45) is 0 Å². The van der Waals surface area contributed by atoms with Gasteiger partial charge in [-0.3, -0.25) is 4.79 Å². The highest BCUT2D eigenvalue weighted by Crippen LogP contribution is 1.46. The summed E-state index contributed by atoms with van der Waals surface area (Å²) in [7, 11) is 0. The Kier molecular flexibility index (Phi) is 2.44. The number of hydrogen-bond acceptors (Lipinski definition) is 2. The predicted octanol–water partition coefficient (Wildman–Crippen LogP) is -0.250. The molecule has 0 atom stereocenters. The summed E-state index contributed by atoms with van der Waals surface area (Å²) >= 11 is 0. The van der Waals surface area contributed by atoms with Gasteiger partial charge in [0.15, 0.2) is 0 Å². The van der Waals surface area contributed by atoms with Gasteiger partial charge < -0.3 is 4.74 Å². The maximum absolute atomic E-state index is 9.04. The van der Waals surface area contributed by atoms with Crippen molar-refractivity contribution in [2.75, 3.05) is 0 Å². The van der Waals surface area contributed by atoms with Crippen LogP contribution in [-0.4, -0.2) is 6.47 Å². The predicted molar refractivity (Wildman–Crippen MR) is 16.0 cm³/mol. The van der Waals surface area contributed by atoms with Crippen LogP contribution in [0.25, 0.3) is 0 Å². The van der Waals surface area contributed by atoms with E-state index in [0.29, 0.717) is 0 Å². The summed E-state index contributed by atoms with van der Waals surface area (Å²) in [6.07, 6.45) is 6.08. The Morgan fingerprint density at radius 2 is 2.60 bits per heavy atom. The molecule has 0 spiro atoms. The van der Waals surface area contributed by atoms with Gasteiger partial charge in [0.1, 0.15) is 6.11 Å². The summed E-state index contributed by atoms with van der Waals surface area (Å²) in [5.41, 5.74) is 0. The summed E-state index contributed by atoms with van der Waals surface area (Å²) in [5, 5.41) is 0. The fourth-order valence-electron chi connectivity index (χ4n) is 0.0278. The van der Waals surface area contributed by atoms with Gasteiger partial charge in [0.2, 0.25) is 0 Å². The summed E-state index contributed by atoms with van der Waals surface area (Å²) in [6.45, 7) is 0.194. The molecule has 2 nitrogen and oxygen atoms in total. The number of carbonyl (C=O) groups excluding carboxylic acids is 1. The molecule has 0 rings (SSSR count). The first kappa shape index (κ1) is 4.03. The molecule has 0 aromatic rings. The van der Waals surface area contributed by atoms with E-state index in [0.717, 1.165) is 0 Å². The van der Waals surface area contributed by atoms with Crippen LogP contribution in [0, 0.1) is 12.5 Å². The fraction of sp³-hybridized carbons (Fsp3) is 0. The third-order valence-electron chi connectivity index (χ3n) is 0.116. The summed E-state index contributed by atoms with van der Waals surface area (Å²) < 4.78 is 3.68. The second-order valence-electron chi connectivity index (χ2n) is 0.332. The van der Waals surface area contributed by atoms with Crippen LogP contribution in [0.4, 0.5) is 0 Å². The van der Waals surface area contributed by atoms with E-state index in [9.17, 15) is 0 Å². The Hall–Kier alpha value is -0.970. The second kappa shape index (κ2) is 3.03. The van der Waals surface area contributed by atoms with Crippen LogP contribution < -0.4 is 0 Å². The van der Waals surface area contributed by atoms with Crippen LogP contribution in [0.2, 0.25) is 0 Å². The zero-order valence-electron chi connectivity index (χ0n) is 2.47. The molecule has 0 amide bonds. The van der Waals surface area contributed by atoms with Gasteiger partial charge in [0, 0.05) is 0 Å². The van der Waals surface area contributed by atoms with E-state index in [4.69, 9.17) is 4.79 Å². The molecule has 0 N–H and O–H groups in total. The Morgan fingerprint density at radius 3 is 2.60 bits per heavy atom. The van der Waals surface area contributed by atoms with E-state index in [1.54, 1.807) is 6.11 Å². The molecule has 2 heteroatoms. The lowest BCUT2D eigenvalue weighted by Crippen LogP contribution is -1.68. The minimum Gasteiger partial charge on any atom is -0.375 e. The highest BCUT2D eigenvalue weighted by Gasteiger charge is 1.53. The molecule has 0 heterocycles. The van der Waals surface area contributed by atoms with E-state index in [2.05, 4.69) is 11.2 Å². The van der Waals surface area contributed by atoms with Crippen molar-refractivity contribution in [1.29, 1.82) is 0 Å². The van der Waals surface area contributed by atoms with Crippen molar-refractivity contribution in [2.45, 2.75) is 0 Å². The average molecular weight is 70.0 g/mol. The maximum Gasteiger partial charge on any atom is 0.307 e. The largest absolute Gasteiger partial charge is 0.375 e. The average Bonchev–Trinajstić information content (AvgIpc) is 1.41. The molecule has 0 aliphatic carbocycles. The minimum atomic E-state index is 0.194. The minimum absolute atomic E-state index is 0.194. The number of ether oxygens (including phenoxy) is 1. The molecule has 0 aromatic heterocycles. The van der Waals surface area contributed by atoms with Crippen LogP contribution in [-0.2, 0) is 9.53 Å². The molecular weight excluding hydrogens is 68.0 g/mol. The topological polar surface area (TPSA) is 26.3 Å². The normalized spacial score (nSPS) is 4.60. The Morgan fingerprint density at radius 1 is 2.00 bits per heavy atom. The zero-order chi connectivity index (χ0) is 4.12. The highest BCUT2D eigenvalue weighted by atomic mass is 16.5. The zero-order valence-corrected chi connectivity index (χ0v) is 2.47. The summed E-state index contributed by atoms with van der Waals surface area (Å²) in [5.74, 6) is 0. The molecule has 0 aliphatic heterocycles. The van der Waals surface area contributed by atoms with E-state index < -0.39 is 0 Å². The molecule has 0 saturated carbocycles. The molecule has 5 heavy (non-hydrogen) atoms. The van der Waals surface area contributed by atoms with E-state index in [1.165, 1.54) is 0 Å². The van der Waals surface area contributed by atoms with Crippen molar-refractivity contribution in [3.05, 3.63) is 0 Å². The van der Waals surface area contributed by atoms with Gasteiger partial charge in [0.05, 0.1) is 0 Å². The lowest BCUT2D eigenvalue weighted by molar-refractivity contribution is -0.122. The summed E-state index contributed by atoms with van der Waals surface area (Å²) in [4.78, 5) is 9.04. The lowest BCUT2D eigenvalue weighted by Gasteiger charge is -1.65. The maximum atomic E-state index is 9.04. The van der Waals surface area contributed by atoms with Crippen LogP contribution in [0.5, 0.6) is 0 Å². The number of hydrogen-bond donors (Lipinski definition) is 0. The highest BCUT2D eigenvalue weighted by molar-refractivity contribution is 5.39. The number of rotatable bonds is 1. The standard InChI is InChI=1S/C3H2O2/c1-2-5-3-4/h1,3H. The third kappa shape index (κ3) is 3.03. The molecule has 0 saturated heterocycles. The van der Waals surface area contributed by atoms with Gasteiger partial charge in [-0.1, -0.05) is 6.42 Å². The van der Waals surface area contributed by atoms with Gasteiger partial charge in [-0.05, 0) is 0 Å². The summed E-state index contributed by atoms with van der Waals surface area (Å²) in [6, 6.07) is 0. The van der Waals surface area contributed by atoms with E-state index in [-0.39, 0.29) is 6.47 Å². The lowest BCUT2D eigenvalue weighted by atomic mass is 11.3. The Bertz CT molecular complexity index is 59.8. The van der Waals surface area contributed by atoms with E-state index >= 15 is 0 Å². The number of terminal acetylenes is 1. The smallest absolute Gasteiger partial charge is 0.307 e. The van der Waals surface area contributed by atoms with Crippen molar-refractivity contribution < 1.29 is 9.53 Å². The van der Waals surface area contributed by atoms with Gasteiger partial charge in [0.25, 0.3) is 0 Å². The molecule has 0 unspecified atom stereocenters. The van der Waals surface area contributed by atoms with Crippen LogP contribution in [0.15, 0.2) is 0 Å². The second-order valence-corrected chi connectivity index (χ2v) is 0.332. The molecular formula is C3H2O2. The molecule has 0 bridgehead atoms. The van der Waals surface area contributed by atoms with Crippen LogP contribution in [0.3, 0.4) is 0 Å². The quantitative estimate of drug-likeness (QED) is 0.314. The molecule has 0 aliphatic rings. The van der Waals surface area contributed by atoms with Gasteiger partial charge in [-0.15, -0.1) is 0 Å². The Balaban J connectivity index is 2.75. The van der Waals surface area contributed by atoms with Crippen molar-refractivity contribution >= 4 is 6.47 Å². The molecule has 0 fully saturated rings. The first-order valence-corrected chi connectivity index (χ1v) is 0.964. The van der Waals surface area contributed by atoms with Gasteiger partial charge in [-0.2, -0.15) is 0 Å². The SMILES string of the molecule is C#COC=O. The van der Waals surface area contributed by atoms with Crippen molar-refractivity contribution in [3.63, 3.8) is 0 Å². The number of carbonyl (C=O) groups is 1. The Labute approximate surface area is 29.7 Å². The monoisotopic (exact) mass is 70.0 g/mol. The van der Waals surface area contributed by atoms with E-state index in [1.807, 2.05) is 0 Å². The fourth-order valence-corrected chi connectivity index (χ4v) is 0.0278. The third-order valence-corrected chi connectivity index (χ3v) is 0.116. The molecule has 26 valence electrons. The van der Waals surface area contributed by atoms with Crippen molar-refractivity contribution in [3.8, 4) is 12.5 Å². The first-order chi connectivity index (χ1) is 2.41. The molecule has 0 aromatic carbocycles. The first-order valence-electron chi connectivity index (χ1n) is 0.964. The van der Waals surface area contributed by atoms with Crippen molar-refractivity contribution in [1.82, 2.24) is 0 Å². The van der Waals surface area contributed by atoms with Crippen LogP contribution in [0.1, 0.15) is 0 Å².